The summed E-state index contributed by atoms with van der Waals surface area (Å²) >= 11 is 0. The standard InChI is InChI=1S/C64H64N4/c1-61(2,3)43-32-41(33-44(36-43)62(4,5)6)59-55-25-21-47(65-55)38-48-22-26-56(66-48)60(42-34-45(63(7,8)9)37-46(35-42)64(10,11)12)58-30-28-54(68-58)52(53-27-29-57(59)67-53)24-23-51-49-19-15-13-17-39(49)31-40-18-14-16-20-50(40)51/h13-38,65,68H,1-12H3/b24-23+,47-38?,48-38?,53-52?,54-52?,59-55?,59-57?,60-56?,60-58?. The number of hydrogen-bond donors (Lipinski definition) is 2. The molecule has 2 aliphatic rings. The molecule has 8 bridgehead atoms. The van der Waals surface area contributed by atoms with Crippen molar-refractivity contribution in [3.63, 3.8) is 0 Å². The molecule has 5 aromatic carbocycles. The molecule has 0 saturated carbocycles. The Morgan fingerprint density at radius 2 is 0.824 bits per heavy atom. The van der Waals surface area contributed by atoms with Gasteiger partial charge in [0, 0.05) is 38.8 Å². The van der Waals surface area contributed by atoms with Gasteiger partial charge in [-0.2, -0.15) is 0 Å². The highest BCUT2D eigenvalue weighted by Crippen LogP contribution is 2.41. The highest BCUT2D eigenvalue weighted by molar-refractivity contribution is 6.08. The van der Waals surface area contributed by atoms with Crippen molar-refractivity contribution in [1.82, 2.24) is 19.9 Å². The van der Waals surface area contributed by atoms with Crippen molar-refractivity contribution in [1.29, 1.82) is 0 Å². The zero-order valence-electron chi connectivity index (χ0n) is 41.9. The molecule has 10 rings (SSSR count). The van der Waals surface area contributed by atoms with E-state index in [4.69, 9.17) is 9.97 Å². The predicted molar refractivity (Wildman–Crippen MR) is 295 cm³/mol. The lowest BCUT2D eigenvalue weighted by Gasteiger charge is -2.26. The van der Waals surface area contributed by atoms with Crippen molar-refractivity contribution in [2.24, 2.45) is 0 Å². The molecule has 2 aliphatic heterocycles. The SMILES string of the molecule is CC(C)(C)c1cc(-c2c3nc(c(/C=C/c4c5ccccc5cc5ccccc45)c4ccc([nH]4)c(-c4cc(C(C)(C)C)cc(C(C)(C)C)c4)c4nc(cc5ccc2[nH]5)C=C4)C=C3)cc(C(C)(C)C)c1. The van der Waals surface area contributed by atoms with E-state index in [-0.39, 0.29) is 21.7 Å². The summed E-state index contributed by atoms with van der Waals surface area (Å²) in [6, 6.07) is 45.0. The third kappa shape index (κ3) is 8.58. The van der Waals surface area contributed by atoms with Crippen molar-refractivity contribution in [2.75, 3.05) is 0 Å². The summed E-state index contributed by atoms with van der Waals surface area (Å²) in [7, 11) is 0. The predicted octanol–water partition coefficient (Wildman–Crippen LogP) is 17.7. The molecule has 0 unspecified atom stereocenters. The van der Waals surface area contributed by atoms with Gasteiger partial charge >= 0.3 is 0 Å². The van der Waals surface area contributed by atoms with E-state index >= 15 is 0 Å². The lowest BCUT2D eigenvalue weighted by molar-refractivity contribution is 0.568. The molecular formula is C64H64N4. The second-order valence-corrected chi connectivity index (χ2v) is 23.1. The number of aromatic nitrogens is 4. The molecule has 4 heteroatoms. The van der Waals surface area contributed by atoms with Crippen molar-refractivity contribution < 1.29 is 0 Å². The maximum Gasteiger partial charge on any atom is 0.0737 e. The van der Waals surface area contributed by atoms with Gasteiger partial charge in [0.05, 0.1) is 22.8 Å². The Morgan fingerprint density at radius 3 is 1.37 bits per heavy atom. The van der Waals surface area contributed by atoms with E-state index in [1.165, 1.54) is 49.4 Å². The number of benzene rings is 5. The van der Waals surface area contributed by atoms with Gasteiger partial charge in [-0.3, -0.25) is 0 Å². The van der Waals surface area contributed by atoms with Crippen LogP contribution >= 0.6 is 0 Å². The molecule has 0 fully saturated rings. The summed E-state index contributed by atoms with van der Waals surface area (Å²) in [5, 5.41) is 4.85. The van der Waals surface area contributed by atoms with Gasteiger partial charge in [0.15, 0.2) is 0 Å². The number of nitrogens with one attached hydrogen (secondary N) is 2. The summed E-state index contributed by atoms with van der Waals surface area (Å²) in [4.78, 5) is 18.9. The number of aromatic amines is 2. The Morgan fingerprint density at radius 1 is 0.382 bits per heavy atom. The van der Waals surface area contributed by atoms with E-state index in [0.29, 0.717) is 0 Å². The second-order valence-electron chi connectivity index (χ2n) is 23.1. The Labute approximate surface area is 402 Å². The van der Waals surface area contributed by atoms with Gasteiger partial charge in [0.2, 0.25) is 0 Å². The van der Waals surface area contributed by atoms with Gasteiger partial charge in [-0.05, 0) is 143 Å². The molecule has 2 N–H and O–H groups in total. The van der Waals surface area contributed by atoms with Gasteiger partial charge in [-0.1, -0.05) is 180 Å². The third-order valence-corrected chi connectivity index (χ3v) is 13.8. The first-order valence-electron chi connectivity index (χ1n) is 24.2. The fraction of sp³-hybridized carbons (Fsp3) is 0.250. The van der Waals surface area contributed by atoms with Crippen molar-refractivity contribution in [3.8, 4) is 22.3 Å². The number of hydrogen-bond acceptors (Lipinski definition) is 2. The van der Waals surface area contributed by atoms with Crippen LogP contribution in [-0.2, 0) is 21.7 Å². The maximum absolute atomic E-state index is 5.64. The van der Waals surface area contributed by atoms with Crippen LogP contribution in [0.3, 0.4) is 0 Å². The summed E-state index contributed by atoms with van der Waals surface area (Å²) in [5.41, 5.74) is 19.1. The second kappa shape index (κ2) is 16.3. The van der Waals surface area contributed by atoms with Crippen LogP contribution in [0.4, 0.5) is 0 Å². The first kappa shape index (κ1) is 44.8. The zero-order chi connectivity index (χ0) is 47.9. The molecule has 8 aromatic rings. The third-order valence-electron chi connectivity index (χ3n) is 13.8. The average Bonchev–Trinajstić information content (AvgIpc) is 4.13. The fourth-order valence-electron chi connectivity index (χ4n) is 9.62. The molecule has 340 valence electrons. The van der Waals surface area contributed by atoms with Crippen LogP contribution in [0.2, 0.25) is 0 Å². The lowest BCUT2D eigenvalue weighted by atomic mass is 9.78. The first-order valence-corrected chi connectivity index (χ1v) is 24.2. The summed E-state index contributed by atoms with van der Waals surface area (Å²) in [6.07, 6.45) is 13.3. The van der Waals surface area contributed by atoms with Crippen LogP contribution in [0.1, 0.15) is 139 Å². The molecule has 5 heterocycles. The highest BCUT2D eigenvalue weighted by Gasteiger charge is 2.25. The van der Waals surface area contributed by atoms with E-state index in [2.05, 4.69) is 251 Å². The molecule has 0 saturated heterocycles. The van der Waals surface area contributed by atoms with E-state index in [0.717, 1.165) is 72.7 Å². The minimum Gasteiger partial charge on any atom is -0.355 e. The normalized spacial score (nSPS) is 13.4. The van der Waals surface area contributed by atoms with Gasteiger partial charge in [0.25, 0.3) is 0 Å². The van der Waals surface area contributed by atoms with E-state index < -0.39 is 0 Å². The average molecular weight is 889 g/mol. The molecule has 4 nitrogen and oxygen atoms in total. The van der Waals surface area contributed by atoms with Crippen molar-refractivity contribution in [3.05, 3.63) is 177 Å². The van der Waals surface area contributed by atoms with Crippen molar-refractivity contribution >= 4 is 80.1 Å². The van der Waals surface area contributed by atoms with Crippen LogP contribution < -0.4 is 0 Å². The van der Waals surface area contributed by atoms with Crippen LogP contribution in [0.25, 0.3) is 102 Å². The fourth-order valence-corrected chi connectivity index (χ4v) is 9.62. The van der Waals surface area contributed by atoms with Gasteiger partial charge in [0.1, 0.15) is 0 Å². The van der Waals surface area contributed by atoms with E-state index in [1.54, 1.807) is 0 Å². The zero-order valence-corrected chi connectivity index (χ0v) is 41.9. The Balaban J connectivity index is 1.33. The first-order chi connectivity index (χ1) is 32.2. The lowest BCUT2D eigenvalue weighted by Crippen LogP contribution is -2.16. The monoisotopic (exact) mass is 889 g/mol. The van der Waals surface area contributed by atoms with Crippen LogP contribution in [0.5, 0.6) is 0 Å². The number of fused-ring (bicyclic) bond motifs is 10. The quantitative estimate of drug-likeness (QED) is 0.173. The molecule has 0 spiro atoms. The number of H-pyrrole nitrogens is 2. The van der Waals surface area contributed by atoms with Crippen LogP contribution in [0.15, 0.2) is 121 Å². The maximum atomic E-state index is 5.64. The van der Waals surface area contributed by atoms with E-state index in [9.17, 15) is 0 Å². The topological polar surface area (TPSA) is 57.4 Å². The molecule has 0 amide bonds. The van der Waals surface area contributed by atoms with Crippen molar-refractivity contribution in [2.45, 2.75) is 105 Å². The summed E-state index contributed by atoms with van der Waals surface area (Å²) in [6.45, 7) is 27.6. The van der Waals surface area contributed by atoms with Gasteiger partial charge < -0.3 is 9.97 Å². The number of nitrogens with zero attached hydrogens (tertiary/aromatic N) is 2. The molecular weight excluding hydrogens is 825 g/mol. The van der Waals surface area contributed by atoms with Crippen LogP contribution in [0, 0.1) is 0 Å². The smallest absolute Gasteiger partial charge is 0.0737 e. The van der Waals surface area contributed by atoms with Gasteiger partial charge in [-0.15, -0.1) is 0 Å². The Kier molecular flexibility index (Phi) is 10.8. The molecule has 0 radical (unpaired) electrons. The molecule has 0 aliphatic carbocycles. The molecule has 68 heavy (non-hydrogen) atoms. The largest absolute Gasteiger partial charge is 0.355 e. The highest BCUT2D eigenvalue weighted by atomic mass is 14.8. The van der Waals surface area contributed by atoms with Crippen LogP contribution in [-0.4, -0.2) is 19.9 Å². The summed E-state index contributed by atoms with van der Waals surface area (Å²) in [5.74, 6) is 0. The molecule has 3 aromatic heterocycles. The van der Waals surface area contributed by atoms with Gasteiger partial charge in [-0.25, -0.2) is 9.97 Å². The minimum absolute atomic E-state index is 0.0591. The molecule has 0 atom stereocenters. The Hall–Kier alpha value is -7.04. The minimum atomic E-state index is -0.0591. The van der Waals surface area contributed by atoms with E-state index in [1.807, 2.05) is 0 Å². The Bertz CT molecular complexity index is 3400. The summed E-state index contributed by atoms with van der Waals surface area (Å²) < 4.78 is 0. The number of rotatable bonds is 4.